The minimum Gasteiger partial charge on any atom is -0.384 e. The average Bonchev–Trinajstić information content (AvgIpc) is 2.68. The standard InChI is InChI=1S/C17H24N2O/c20-17(19-14-7-3-1-2-4-8-14)11-13-12-18-16-10-6-5-9-15(13)16/h5-6,9-10,13-14,18H,1-4,7-8,11-12H2,(H,19,20). The number of carbonyl (C=O) groups is 1. The van der Waals surface area contributed by atoms with Gasteiger partial charge in [0.15, 0.2) is 0 Å². The predicted molar refractivity (Wildman–Crippen MR) is 81.9 cm³/mol. The van der Waals surface area contributed by atoms with E-state index in [0.717, 1.165) is 19.4 Å². The minimum absolute atomic E-state index is 0.223. The molecule has 0 aromatic heterocycles. The van der Waals surface area contributed by atoms with Crippen molar-refractivity contribution in [2.75, 3.05) is 11.9 Å². The van der Waals surface area contributed by atoms with Crippen LogP contribution in [0.5, 0.6) is 0 Å². The lowest BCUT2D eigenvalue weighted by Crippen LogP contribution is -2.35. The Morgan fingerprint density at radius 1 is 1.15 bits per heavy atom. The van der Waals surface area contributed by atoms with E-state index in [1.807, 2.05) is 6.07 Å². The average molecular weight is 272 g/mol. The molecule has 1 fully saturated rings. The third kappa shape index (κ3) is 3.14. The van der Waals surface area contributed by atoms with Gasteiger partial charge in [0, 0.05) is 30.6 Å². The Balaban J connectivity index is 1.54. The van der Waals surface area contributed by atoms with E-state index in [1.165, 1.54) is 36.9 Å². The number of hydrogen-bond acceptors (Lipinski definition) is 2. The molecular weight excluding hydrogens is 248 g/mol. The Hall–Kier alpha value is -1.51. The molecule has 20 heavy (non-hydrogen) atoms. The summed E-state index contributed by atoms with van der Waals surface area (Å²) in [7, 11) is 0. The maximum atomic E-state index is 12.3. The highest BCUT2D eigenvalue weighted by Gasteiger charge is 2.25. The van der Waals surface area contributed by atoms with Crippen molar-refractivity contribution in [2.24, 2.45) is 0 Å². The highest BCUT2D eigenvalue weighted by Crippen LogP contribution is 2.33. The molecule has 0 saturated heterocycles. The lowest BCUT2D eigenvalue weighted by molar-refractivity contribution is -0.122. The zero-order valence-electron chi connectivity index (χ0n) is 12.0. The number of nitrogens with one attached hydrogen (secondary N) is 2. The van der Waals surface area contributed by atoms with Crippen LogP contribution in [0.4, 0.5) is 5.69 Å². The van der Waals surface area contributed by atoms with Crippen LogP contribution in [0.25, 0.3) is 0 Å². The summed E-state index contributed by atoms with van der Waals surface area (Å²) in [5.41, 5.74) is 2.49. The molecule has 1 aromatic carbocycles. The molecule has 3 nitrogen and oxygen atoms in total. The van der Waals surface area contributed by atoms with Crippen molar-refractivity contribution in [3.63, 3.8) is 0 Å². The highest BCUT2D eigenvalue weighted by atomic mass is 16.1. The van der Waals surface area contributed by atoms with E-state index in [9.17, 15) is 4.79 Å². The maximum absolute atomic E-state index is 12.3. The van der Waals surface area contributed by atoms with Gasteiger partial charge in [-0.25, -0.2) is 0 Å². The van der Waals surface area contributed by atoms with Crippen LogP contribution in [0.2, 0.25) is 0 Å². The molecule has 0 bridgehead atoms. The van der Waals surface area contributed by atoms with Crippen LogP contribution < -0.4 is 10.6 Å². The van der Waals surface area contributed by atoms with Crippen molar-refractivity contribution in [3.8, 4) is 0 Å². The molecule has 1 unspecified atom stereocenters. The van der Waals surface area contributed by atoms with Gasteiger partial charge in [0.25, 0.3) is 0 Å². The first kappa shape index (κ1) is 13.5. The molecule has 1 aromatic rings. The van der Waals surface area contributed by atoms with E-state index >= 15 is 0 Å². The third-order valence-electron chi connectivity index (χ3n) is 4.59. The third-order valence-corrected chi connectivity index (χ3v) is 4.59. The van der Waals surface area contributed by atoms with Crippen molar-refractivity contribution < 1.29 is 4.79 Å². The van der Waals surface area contributed by atoms with Crippen LogP contribution in [-0.2, 0) is 4.79 Å². The fourth-order valence-electron chi connectivity index (χ4n) is 3.47. The minimum atomic E-state index is 0.223. The number of amides is 1. The monoisotopic (exact) mass is 272 g/mol. The number of benzene rings is 1. The first-order valence-corrected chi connectivity index (χ1v) is 7.95. The van der Waals surface area contributed by atoms with Gasteiger partial charge < -0.3 is 10.6 Å². The topological polar surface area (TPSA) is 41.1 Å². The van der Waals surface area contributed by atoms with Gasteiger partial charge in [-0.15, -0.1) is 0 Å². The number of carbonyl (C=O) groups excluding carboxylic acids is 1. The van der Waals surface area contributed by atoms with Crippen LogP contribution in [0.15, 0.2) is 24.3 Å². The van der Waals surface area contributed by atoms with Crippen molar-refractivity contribution >= 4 is 11.6 Å². The normalized spacial score (nSPS) is 22.7. The number of anilines is 1. The van der Waals surface area contributed by atoms with E-state index < -0.39 is 0 Å². The summed E-state index contributed by atoms with van der Waals surface area (Å²) in [6.07, 6.45) is 8.10. The van der Waals surface area contributed by atoms with Crippen molar-refractivity contribution in [1.29, 1.82) is 0 Å². The molecule has 2 N–H and O–H groups in total. The molecule has 1 saturated carbocycles. The van der Waals surface area contributed by atoms with Gasteiger partial charge in [-0.1, -0.05) is 43.9 Å². The van der Waals surface area contributed by atoms with Crippen LogP contribution in [0.1, 0.15) is 56.4 Å². The van der Waals surface area contributed by atoms with E-state index in [0.29, 0.717) is 18.4 Å². The highest BCUT2D eigenvalue weighted by molar-refractivity contribution is 5.78. The molecule has 108 valence electrons. The summed E-state index contributed by atoms with van der Waals surface area (Å²) in [4.78, 5) is 12.3. The molecule has 3 heteroatoms. The smallest absolute Gasteiger partial charge is 0.220 e. The van der Waals surface area contributed by atoms with Gasteiger partial charge in [-0.05, 0) is 24.5 Å². The van der Waals surface area contributed by atoms with Crippen molar-refractivity contribution in [1.82, 2.24) is 5.32 Å². The Kier molecular flexibility index (Phi) is 4.24. The second-order valence-corrected chi connectivity index (χ2v) is 6.13. The fraction of sp³-hybridized carbons (Fsp3) is 0.588. The molecule has 1 amide bonds. The molecule has 0 radical (unpaired) electrons. The SMILES string of the molecule is O=C(CC1CNc2ccccc21)NC1CCCCCC1. The second-order valence-electron chi connectivity index (χ2n) is 6.13. The molecule has 1 atom stereocenters. The van der Waals surface area contributed by atoms with E-state index in [2.05, 4.69) is 28.8 Å². The zero-order valence-corrected chi connectivity index (χ0v) is 12.0. The molecule has 3 rings (SSSR count). The second kappa shape index (κ2) is 6.29. The summed E-state index contributed by atoms with van der Waals surface area (Å²) in [6, 6.07) is 8.74. The Bertz CT molecular complexity index is 464. The number of rotatable bonds is 3. The summed E-state index contributed by atoms with van der Waals surface area (Å²) in [5.74, 6) is 0.553. The largest absolute Gasteiger partial charge is 0.384 e. The van der Waals surface area contributed by atoms with Crippen molar-refractivity contribution in [2.45, 2.75) is 56.9 Å². The Labute approximate surface area is 121 Å². The van der Waals surface area contributed by atoms with Gasteiger partial charge in [-0.2, -0.15) is 0 Å². The summed E-state index contributed by atoms with van der Waals surface area (Å²) in [6.45, 7) is 0.886. The van der Waals surface area contributed by atoms with Gasteiger partial charge in [0.2, 0.25) is 5.91 Å². The lowest BCUT2D eigenvalue weighted by atomic mass is 9.97. The van der Waals surface area contributed by atoms with Crippen LogP contribution >= 0.6 is 0 Å². The lowest BCUT2D eigenvalue weighted by Gasteiger charge is -2.18. The van der Waals surface area contributed by atoms with Gasteiger partial charge in [0.1, 0.15) is 0 Å². The molecule has 1 aliphatic heterocycles. The molecule has 2 aliphatic rings. The Morgan fingerprint density at radius 3 is 2.70 bits per heavy atom. The molecule has 1 heterocycles. The van der Waals surface area contributed by atoms with Crippen LogP contribution in [0, 0.1) is 0 Å². The fourth-order valence-corrected chi connectivity index (χ4v) is 3.47. The van der Waals surface area contributed by atoms with Gasteiger partial charge in [-0.3, -0.25) is 4.79 Å². The molecule has 0 spiro atoms. The first-order valence-electron chi connectivity index (χ1n) is 7.95. The van der Waals surface area contributed by atoms with Crippen LogP contribution in [0.3, 0.4) is 0 Å². The number of hydrogen-bond donors (Lipinski definition) is 2. The quantitative estimate of drug-likeness (QED) is 0.828. The first-order chi connectivity index (χ1) is 9.83. The zero-order chi connectivity index (χ0) is 13.8. The van der Waals surface area contributed by atoms with Crippen LogP contribution in [-0.4, -0.2) is 18.5 Å². The maximum Gasteiger partial charge on any atom is 0.220 e. The van der Waals surface area contributed by atoms with Gasteiger partial charge >= 0.3 is 0 Å². The molecule has 1 aliphatic carbocycles. The van der Waals surface area contributed by atoms with Gasteiger partial charge in [0.05, 0.1) is 0 Å². The molecular formula is C17H24N2O. The number of para-hydroxylation sites is 1. The number of fused-ring (bicyclic) bond motifs is 1. The predicted octanol–water partition coefficient (Wildman–Crippen LogP) is 3.42. The summed E-state index contributed by atoms with van der Waals surface area (Å²) < 4.78 is 0. The van der Waals surface area contributed by atoms with E-state index in [-0.39, 0.29) is 5.91 Å². The Morgan fingerprint density at radius 2 is 1.90 bits per heavy atom. The summed E-state index contributed by atoms with van der Waals surface area (Å²) >= 11 is 0. The summed E-state index contributed by atoms with van der Waals surface area (Å²) in [5, 5.41) is 6.64. The van der Waals surface area contributed by atoms with E-state index in [1.54, 1.807) is 0 Å². The van der Waals surface area contributed by atoms with E-state index in [4.69, 9.17) is 0 Å². The van der Waals surface area contributed by atoms with Crippen molar-refractivity contribution in [3.05, 3.63) is 29.8 Å².